The van der Waals surface area contributed by atoms with Gasteiger partial charge in [0.05, 0.1) is 0 Å². The number of benzene rings is 2. The van der Waals surface area contributed by atoms with Gasteiger partial charge in [-0.05, 0) is 42.0 Å². The van der Waals surface area contributed by atoms with Crippen LogP contribution in [0.3, 0.4) is 0 Å². The van der Waals surface area contributed by atoms with Crippen molar-refractivity contribution < 1.29 is 22.6 Å². The van der Waals surface area contributed by atoms with Crippen LogP contribution in [0.1, 0.15) is 11.1 Å². The summed E-state index contributed by atoms with van der Waals surface area (Å²) in [5.74, 6) is 1.08. The molecule has 0 saturated carbocycles. The van der Waals surface area contributed by atoms with Crippen LogP contribution in [-0.4, -0.2) is 24.6 Å². The van der Waals surface area contributed by atoms with E-state index in [1.165, 1.54) is 30.3 Å². The van der Waals surface area contributed by atoms with E-state index in [2.05, 4.69) is 25.3 Å². The van der Waals surface area contributed by atoms with Crippen molar-refractivity contribution >= 4 is 5.96 Å². The summed E-state index contributed by atoms with van der Waals surface area (Å²) in [7, 11) is 1.60. The number of ether oxygens (including phenoxy) is 2. The number of nitrogens with one attached hydrogen (secondary N) is 2. The van der Waals surface area contributed by atoms with Crippen molar-refractivity contribution in [2.75, 3.05) is 7.05 Å². The minimum absolute atomic E-state index is 0.108. The molecule has 0 amide bonds. The molecule has 6 nitrogen and oxygen atoms in total. The second-order valence-corrected chi connectivity index (χ2v) is 6.32. The van der Waals surface area contributed by atoms with Crippen LogP contribution in [-0.2, 0) is 13.1 Å². The van der Waals surface area contributed by atoms with E-state index in [0.29, 0.717) is 29.7 Å². The molecule has 0 unspecified atom stereocenters. The second-order valence-electron chi connectivity index (χ2n) is 6.32. The third-order valence-electron chi connectivity index (χ3n) is 4.15. The maximum Gasteiger partial charge on any atom is 0.387 e. The molecular weight excluding hydrogens is 409 g/mol. The minimum Gasteiger partial charge on any atom is -0.439 e. The molecule has 9 heteroatoms. The van der Waals surface area contributed by atoms with Crippen molar-refractivity contribution in [1.82, 2.24) is 15.6 Å². The Morgan fingerprint density at radius 1 is 1.03 bits per heavy atom. The molecule has 2 aromatic carbocycles. The number of alkyl halides is 2. The van der Waals surface area contributed by atoms with Gasteiger partial charge in [-0.3, -0.25) is 4.99 Å². The molecule has 1 aromatic heterocycles. The number of halogens is 3. The van der Waals surface area contributed by atoms with E-state index in [0.717, 1.165) is 5.56 Å². The van der Waals surface area contributed by atoms with Gasteiger partial charge in [0.15, 0.2) is 5.96 Å². The topological polar surface area (TPSA) is 67.8 Å². The van der Waals surface area contributed by atoms with Gasteiger partial charge in [0.25, 0.3) is 0 Å². The van der Waals surface area contributed by atoms with Gasteiger partial charge in [0, 0.05) is 38.0 Å². The highest BCUT2D eigenvalue weighted by Crippen LogP contribution is 2.21. The first-order valence-corrected chi connectivity index (χ1v) is 9.39. The molecule has 0 aliphatic rings. The van der Waals surface area contributed by atoms with Crippen LogP contribution in [0.4, 0.5) is 13.2 Å². The summed E-state index contributed by atoms with van der Waals surface area (Å²) >= 11 is 0. The van der Waals surface area contributed by atoms with Crippen LogP contribution < -0.4 is 20.1 Å². The molecule has 31 heavy (non-hydrogen) atoms. The van der Waals surface area contributed by atoms with Crippen LogP contribution in [0.5, 0.6) is 17.4 Å². The van der Waals surface area contributed by atoms with Crippen molar-refractivity contribution in [3.63, 3.8) is 0 Å². The molecule has 0 spiro atoms. The van der Waals surface area contributed by atoms with E-state index in [4.69, 9.17) is 4.74 Å². The standard InChI is InChI=1S/C22H21F3N4O2/c1-26-22(29-14-16-4-2-3-5-19(16)31-21(24)25)28-13-15-10-11-27-20(12-15)30-18-8-6-17(23)7-9-18/h2-12,21H,13-14H2,1H3,(H2,26,28,29). The Labute approximate surface area is 177 Å². The number of pyridine rings is 1. The van der Waals surface area contributed by atoms with Gasteiger partial charge in [-0.25, -0.2) is 9.37 Å². The Morgan fingerprint density at radius 2 is 1.77 bits per heavy atom. The highest BCUT2D eigenvalue weighted by atomic mass is 19.3. The number of hydrogen-bond donors (Lipinski definition) is 2. The predicted octanol–water partition coefficient (Wildman–Crippen LogP) is 4.48. The minimum atomic E-state index is -2.89. The van der Waals surface area contributed by atoms with Crippen LogP contribution in [0.15, 0.2) is 71.9 Å². The smallest absolute Gasteiger partial charge is 0.387 e. The zero-order valence-corrected chi connectivity index (χ0v) is 16.7. The zero-order chi connectivity index (χ0) is 22.1. The number of aromatic nitrogens is 1. The monoisotopic (exact) mass is 430 g/mol. The average molecular weight is 430 g/mol. The first-order chi connectivity index (χ1) is 15.0. The fourth-order valence-corrected chi connectivity index (χ4v) is 2.69. The van der Waals surface area contributed by atoms with E-state index in [9.17, 15) is 13.2 Å². The number of hydrogen-bond acceptors (Lipinski definition) is 4. The van der Waals surface area contributed by atoms with E-state index in [1.54, 1.807) is 37.5 Å². The molecule has 1 heterocycles. The Balaban J connectivity index is 1.56. The van der Waals surface area contributed by atoms with Crippen molar-refractivity contribution in [2.45, 2.75) is 19.7 Å². The van der Waals surface area contributed by atoms with Crippen LogP contribution in [0, 0.1) is 5.82 Å². The fourth-order valence-electron chi connectivity index (χ4n) is 2.69. The summed E-state index contributed by atoms with van der Waals surface area (Å²) in [5.41, 5.74) is 1.45. The molecule has 0 bridgehead atoms. The van der Waals surface area contributed by atoms with Crippen LogP contribution in [0.25, 0.3) is 0 Å². The Morgan fingerprint density at radius 3 is 2.52 bits per heavy atom. The summed E-state index contributed by atoms with van der Waals surface area (Å²) in [5, 5.41) is 6.19. The molecule has 0 radical (unpaired) electrons. The third-order valence-corrected chi connectivity index (χ3v) is 4.15. The third kappa shape index (κ3) is 6.91. The lowest BCUT2D eigenvalue weighted by Gasteiger charge is -2.14. The highest BCUT2D eigenvalue weighted by molar-refractivity contribution is 5.79. The fraction of sp³-hybridized carbons (Fsp3) is 0.182. The predicted molar refractivity (Wildman–Crippen MR) is 111 cm³/mol. The molecule has 3 aromatic rings. The largest absolute Gasteiger partial charge is 0.439 e. The first-order valence-electron chi connectivity index (χ1n) is 9.39. The van der Waals surface area contributed by atoms with Gasteiger partial charge in [0.1, 0.15) is 17.3 Å². The van der Waals surface area contributed by atoms with Crippen molar-refractivity contribution in [3.8, 4) is 17.4 Å². The Kier molecular flexibility index (Phi) is 7.69. The molecule has 3 rings (SSSR count). The SMILES string of the molecule is CN=C(NCc1ccnc(Oc2ccc(F)cc2)c1)NCc1ccccc1OC(F)F. The van der Waals surface area contributed by atoms with Gasteiger partial charge < -0.3 is 20.1 Å². The molecule has 0 aliphatic heterocycles. The lowest BCUT2D eigenvalue weighted by molar-refractivity contribution is -0.0504. The lowest BCUT2D eigenvalue weighted by atomic mass is 10.2. The average Bonchev–Trinajstić information content (AvgIpc) is 2.76. The lowest BCUT2D eigenvalue weighted by Crippen LogP contribution is -2.36. The van der Waals surface area contributed by atoms with Crippen LogP contribution in [0.2, 0.25) is 0 Å². The summed E-state index contributed by atoms with van der Waals surface area (Å²) in [6.07, 6.45) is 1.60. The van der Waals surface area contributed by atoms with Gasteiger partial charge in [-0.15, -0.1) is 0 Å². The van der Waals surface area contributed by atoms with E-state index >= 15 is 0 Å². The normalized spacial score (nSPS) is 11.3. The molecule has 0 aliphatic carbocycles. The van der Waals surface area contributed by atoms with E-state index < -0.39 is 6.61 Å². The van der Waals surface area contributed by atoms with Crippen molar-refractivity contribution in [1.29, 1.82) is 0 Å². The quantitative estimate of drug-likeness (QED) is 0.408. The Hall–Kier alpha value is -3.75. The zero-order valence-electron chi connectivity index (χ0n) is 16.7. The highest BCUT2D eigenvalue weighted by Gasteiger charge is 2.09. The maximum absolute atomic E-state index is 13.0. The molecule has 2 N–H and O–H groups in total. The molecule has 162 valence electrons. The molecule has 0 atom stereocenters. The van der Waals surface area contributed by atoms with Gasteiger partial charge in [0.2, 0.25) is 5.88 Å². The summed E-state index contributed by atoms with van der Waals surface area (Å²) in [6.45, 7) is -2.23. The van der Waals surface area contributed by atoms with Crippen molar-refractivity contribution in [2.24, 2.45) is 4.99 Å². The van der Waals surface area contributed by atoms with E-state index in [-0.39, 0.29) is 18.1 Å². The maximum atomic E-state index is 13.0. The van der Waals surface area contributed by atoms with Crippen LogP contribution >= 0.6 is 0 Å². The van der Waals surface area contributed by atoms with Gasteiger partial charge in [-0.1, -0.05) is 18.2 Å². The summed E-state index contributed by atoms with van der Waals surface area (Å²) in [4.78, 5) is 8.28. The van der Waals surface area contributed by atoms with Gasteiger partial charge in [-0.2, -0.15) is 8.78 Å². The number of nitrogens with zero attached hydrogens (tertiary/aromatic N) is 2. The number of aliphatic imine (C=N–C) groups is 1. The van der Waals surface area contributed by atoms with E-state index in [1.807, 2.05) is 6.07 Å². The molecule has 0 fully saturated rings. The summed E-state index contributed by atoms with van der Waals surface area (Å²) < 4.78 is 48.3. The van der Waals surface area contributed by atoms with Crippen molar-refractivity contribution in [3.05, 3.63) is 83.8 Å². The van der Waals surface area contributed by atoms with Gasteiger partial charge >= 0.3 is 6.61 Å². The first kappa shape index (κ1) is 21.9. The number of rotatable bonds is 8. The number of para-hydroxylation sites is 1. The second kappa shape index (κ2) is 10.9. The molecular formula is C22H21F3N4O2. The number of guanidine groups is 1. The Bertz CT molecular complexity index is 1010. The summed E-state index contributed by atoms with van der Waals surface area (Å²) in [6, 6.07) is 15.8. The molecule has 0 saturated heterocycles.